The van der Waals surface area contributed by atoms with Crippen molar-refractivity contribution in [3.8, 4) is 0 Å². The molecule has 25 heavy (non-hydrogen) atoms. The summed E-state index contributed by atoms with van der Waals surface area (Å²) in [6.45, 7) is 7.32. The van der Waals surface area contributed by atoms with E-state index in [9.17, 15) is 9.90 Å². The van der Waals surface area contributed by atoms with E-state index in [0.717, 1.165) is 48.8 Å². The Bertz CT molecular complexity index is 777. The maximum Gasteiger partial charge on any atom is 0.337 e. The third-order valence-corrected chi connectivity index (χ3v) is 5.79. The van der Waals surface area contributed by atoms with Crippen LogP contribution < -0.4 is 5.32 Å². The van der Waals surface area contributed by atoms with Crippen molar-refractivity contribution in [2.45, 2.75) is 38.8 Å². The topological polar surface area (TPSA) is 70.4 Å². The number of carboxylic acids is 1. The summed E-state index contributed by atoms with van der Waals surface area (Å²) in [5.74, 6) is 0.865. The number of hydrogen-bond acceptors (Lipinski definition) is 4. The molecule has 5 rings (SSSR count). The zero-order chi connectivity index (χ0) is 17.4. The number of para-hydroxylation sites is 1. The molecular formula is C19H26N4O2. The summed E-state index contributed by atoms with van der Waals surface area (Å²) in [6, 6.07) is 5.91. The molecule has 0 saturated carbocycles. The van der Waals surface area contributed by atoms with Crippen molar-refractivity contribution in [2.75, 3.05) is 26.2 Å². The van der Waals surface area contributed by atoms with Crippen LogP contribution in [-0.2, 0) is 13.0 Å². The number of hydrogen-bond donors (Lipinski definition) is 2. The fraction of sp³-hybridized carbons (Fsp3) is 0.579. The van der Waals surface area contributed by atoms with Crippen LogP contribution in [0.3, 0.4) is 0 Å². The summed E-state index contributed by atoms with van der Waals surface area (Å²) in [6.07, 6.45) is 3.40. The standard InChI is InChI=1S/C19H26N4O2/c1-2-17-21-15-5-3-4-14(19(24)25)18(15)23(17)11-8-20-16-12-22-9-6-13(16)7-10-22/h3-5,13,16,20H,2,6-12H2,1H3,(H,24,25)/t16-/m1/s1. The van der Waals surface area contributed by atoms with Gasteiger partial charge in [0.05, 0.1) is 16.6 Å². The number of carbonyl (C=O) groups is 1. The Morgan fingerprint density at radius 3 is 2.80 bits per heavy atom. The van der Waals surface area contributed by atoms with Crippen molar-refractivity contribution in [2.24, 2.45) is 5.92 Å². The van der Waals surface area contributed by atoms with Crippen molar-refractivity contribution in [3.05, 3.63) is 29.6 Å². The Labute approximate surface area is 147 Å². The van der Waals surface area contributed by atoms with Gasteiger partial charge < -0.3 is 19.9 Å². The number of rotatable bonds is 6. The van der Waals surface area contributed by atoms with Crippen molar-refractivity contribution in [3.63, 3.8) is 0 Å². The molecule has 3 aliphatic heterocycles. The molecule has 1 atom stereocenters. The van der Waals surface area contributed by atoms with Gasteiger partial charge in [-0.3, -0.25) is 0 Å². The van der Waals surface area contributed by atoms with Crippen molar-refractivity contribution in [1.29, 1.82) is 0 Å². The quantitative estimate of drug-likeness (QED) is 0.840. The molecule has 2 bridgehead atoms. The third kappa shape index (κ3) is 3.04. The molecular weight excluding hydrogens is 316 g/mol. The van der Waals surface area contributed by atoms with Crippen LogP contribution in [0.1, 0.15) is 35.9 Å². The van der Waals surface area contributed by atoms with E-state index in [1.54, 1.807) is 12.1 Å². The number of fused-ring (bicyclic) bond motifs is 4. The van der Waals surface area contributed by atoms with Crippen LogP contribution in [-0.4, -0.2) is 57.7 Å². The van der Waals surface area contributed by atoms with E-state index in [0.29, 0.717) is 11.6 Å². The Morgan fingerprint density at radius 2 is 2.16 bits per heavy atom. The van der Waals surface area contributed by atoms with E-state index in [1.165, 1.54) is 25.9 Å². The van der Waals surface area contributed by atoms with Crippen LogP contribution >= 0.6 is 0 Å². The Kier molecular flexibility index (Phi) is 4.48. The van der Waals surface area contributed by atoms with Gasteiger partial charge in [0.25, 0.3) is 0 Å². The zero-order valence-electron chi connectivity index (χ0n) is 14.7. The molecule has 4 heterocycles. The molecule has 1 aromatic carbocycles. The molecule has 0 amide bonds. The lowest BCUT2D eigenvalue weighted by Gasteiger charge is -2.45. The number of nitrogens with one attached hydrogen (secondary N) is 1. The maximum absolute atomic E-state index is 11.6. The second-order valence-corrected chi connectivity index (χ2v) is 7.21. The Morgan fingerprint density at radius 1 is 1.36 bits per heavy atom. The summed E-state index contributed by atoms with van der Waals surface area (Å²) >= 11 is 0. The lowest BCUT2D eigenvalue weighted by Crippen LogP contribution is -2.56. The van der Waals surface area contributed by atoms with E-state index in [-0.39, 0.29) is 0 Å². The van der Waals surface area contributed by atoms with Gasteiger partial charge in [-0.15, -0.1) is 0 Å². The Hall–Kier alpha value is -1.92. The van der Waals surface area contributed by atoms with Gasteiger partial charge in [-0.25, -0.2) is 9.78 Å². The van der Waals surface area contributed by atoms with Crippen LogP contribution in [0.5, 0.6) is 0 Å². The number of aromatic carboxylic acids is 1. The van der Waals surface area contributed by atoms with Gasteiger partial charge in [0.2, 0.25) is 0 Å². The van der Waals surface area contributed by atoms with Gasteiger partial charge >= 0.3 is 5.97 Å². The first kappa shape index (κ1) is 16.5. The number of aryl methyl sites for hydroxylation is 1. The maximum atomic E-state index is 11.6. The molecule has 0 spiro atoms. The molecule has 0 unspecified atom stereocenters. The Balaban J connectivity index is 1.53. The molecule has 3 aliphatic rings. The fourth-order valence-electron chi connectivity index (χ4n) is 4.48. The molecule has 2 N–H and O–H groups in total. The van der Waals surface area contributed by atoms with Gasteiger partial charge in [0, 0.05) is 32.1 Å². The van der Waals surface area contributed by atoms with Crippen molar-refractivity contribution < 1.29 is 9.90 Å². The second-order valence-electron chi connectivity index (χ2n) is 7.21. The average Bonchev–Trinajstić information content (AvgIpc) is 3.00. The lowest BCUT2D eigenvalue weighted by atomic mass is 9.84. The number of nitrogens with zero attached hydrogens (tertiary/aromatic N) is 3. The number of piperidine rings is 3. The van der Waals surface area contributed by atoms with Crippen LogP contribution in [0.15, 0.2) is 18.2 Å². The van der Waals surface area contributed by atoms with E-state index in [1.807, 2.05) is 6.07 Å². The monoisotopic (exact) mass is 342 g/mol. The average molecular weight is 342 g/mol. The van der Waals surface area contributed by atoms with Gasteiger partial charge in [-0.2, -0.15) is 0 Å². The first-order valence-corrected chi connectivity index (χ1v) is 9.34. The molecule has 3 fully saturated rings. The normalized spacial score (nSPS) is 25.6. The smallest absolute Gasteiger partial charge is 0.337 e. The van der Waals surface area contributed by atoms with Crippen molar-refractivity contribution in [1.82, 2.24) is 19.8 Å². The summed E-state index contributed by atoms with van der Waals surface area (Å²) < 4.78 is 2.09. The molecule has 1 aromatic heterocycles. The third-order valence-electron chi connectivity index (χ3n) is 5.79. The van der Waals surface area contributed by atoms with Crippen LogP contribution in [0, 0.1) is 5.92 Å². The predicted molar refractivity (Wildman–Crippen MR) is 97.0 cm³/mol. The minimum Gasteiger partial charge on any atom is -0.478 e. The number of imidazole rings is 1. The van der Waals surface area contributed by atoms with Gasteiger partial charge in [0.15, 0.2) is 0 Å². The molecule has 2 aromatic rings. The lowest BCUT2D eigenvalue weighted by molar-refractivity contribution is 0.0698. The minimum absolute atomic E-state index is 0.340. The highest BCUT2D eigenvalue weighted by molar-refractivity contribution is 6.01. The van der Waals surface area contributed by atoms with E-state index >= 15 is 0 Å². The summed E-state index contributed by atoms with van der Waals surface area (Å²) in [7, 11) is 0. The molecule has 6 heteroatoms. The highest BCUT2D eigenvalue weighted by Gasteiger charge is 2.33. The van der Waals surface area contributed by atoms with E-state index < -0.39 is 5.97 Å². The van der Waals surface area contributed by atoms with Crippen molar-refractivity contribution >= 4 is 17.0 Å². The van der Waals surface area contributed by atoms with E-state index in [4.69, 9.17) is 0 Å². The first-order valence-electron chi connectivity index (χ1n) is 9.34. The number of benzene rings is 1. The van der Waals surface area contributed by atoms with Crippen LogP contribution in [0.4, 0.5) is 0 Å². The number of carboxylic acid groups (broad SMARTS) is 1. The molecule has 0 radical (unpaired) electrons. The van der Waals surface area contributed by atoms with E-state index in [2.05, 4.69) is 26.7 Å². The molecule has 3 saturated heterocycles. The first-order chi connectivity index (χ1) is 12.2. The predicted octanol–water partition coefficient (Wildman–Crippen LogP) is 1.98. The summed E-state index contributed by atoms with van der Waals surface area (Å²) in [5.41, 5.74) is 1.87. The largest absolute Gasteiger partial charge is 0.478 e. The molecule has 0 aliphatic carbocycles. The molecule has 134 valence electrons. The van der Waals surface area contributed by atoms with Gasteiger partial charge in [-0.1, -0.05) is 13.0 Å². The van der Waals surface area contributed by atoms with Crippen LogP contribution in [0.25, 0.3) is 11.0 Å². The SMILES string of the molecule is CCc1nc2cccc(C(=O)O)c2n1CCN[C@@H]1CN2CCC1CC2. The second kappa shape index (κ2) is 6.77. The summed E-state index contributed by atoms with van der Waals surface area (Å²) in [5, 5.41) is 13.2. The van der Waals surface area contributed by atoms with Gasteiger partial charge in [-0.05, 0) is 44.0 Å². The van der Waals surface area contributed by atoms with Gasteiger partial charge in [0.1, 0.15) is 5.82 Å². The number of aromatic nitrogens is 2. The minimum atomic E-state index is -0.889. The highest BCUT2D eigenvalue weighted by atomic mass is 16.4. The molecule has 6 nitrogen and oxygen atoms in total. The van der Waals surface area contributed by atoms with Crippen LogP contribution in [0.2, 0.25) is 0 Å². The zero-order valence-corrected chi connectivity index (χ0v) is 14.7. The fourth-order valence-corrected chi connectivity index (χ4v) is 4.48. The highest BCUT2D eigenvalue weighted by Crippen LogP contribution is 2.27. The summed E-state index contributed by atoms with van der Waals surface area (Å²) in [4.78, 5) is 18.8.